The third-order valence-corrected chi connectivity index (χ3v) is 4.11. The highest BCUT2D eigenvalue weighted by Gasteiger charge is 2.05. The molecule has 0 saturated carbocycles. The SMILES string of the molecule is Clc1ccc(OCCOC(=Cn2ccnc2)c2cccs2)cc1.O=[N+]([O-])O. The van der Waals surface area contributed by atoms with Gasteiger partial charge in [-0.15, -0.1) is 21.5 Å². The van der Waals surface area contributed by atoms with Crippen molar-refractivity contribution in [1.29, 1.82) is 0 Å². The van der Waals surface area contributed by atoms with E-state index in [0.717, 1.165) is 16.4 Å². The van der Waals surface area contributed by atoms with E-state index < -0.39 is 5.09 Å². The van der Waals surface area contributed by atoms with E-state index in [9.17, 15) is 0 Å². The van der Waals surface area contributed by atoms with E-state index in [1.54, 1.807) is 36.0 Å². The molecule has 0 saturated heterocycles. The standard InChI is InChI=1S/C17H15ClN2O2S.HNO3/c18-14-3-5-15(6-4-14)21-9-10-22-16(17-2-1-11-23-17)12-20-8-7-19-13-20;2-1(3)4/h1-8,11-13H,9-10H2;(H,2,3,4). The summed E-state index contributed by atoms with van der Waals surface area (Å²) in [6.45, 7) is 0.898. The molecule has 0 aliphatic rings. The number of benzene rings is 1. The first-order valence-electron chi connectivity index (χ1n) is 7.62. The van der Waals surface area contributed by atoms with Gasteiger partial charge in [0.25, 0.3) is 5.09 Å². The van der Waals surface area contributed by atoms with Gasteiger partial charge in [-0.1, -0.05) is 17.7 Å². The first-order chi connectivity index (χ1) is 13.0. The lowest BCUT2D eigenvalue weighted by Gasteiger charge is -2.11. The molecular formula is C17H16ClN3O5S. The maximum Gasteiger partial charge on any atom is 0.291 e. The summed E-state index contributed by atoms with van der Waals surface area (Å²) in [5.41, 5.74) is 0. The zero-order chi connectivity index (χ0) is 19.5. The van der Waals surface area contributed by atoms with Crippen LogP contribution >= 0.6 is 22.9 Å². The van der Waals surface area contributed by atoms with Crippen LogP contribution in [0.5, 0.6) is 5.75 Å². The highest BCUT2D eigenvalue weighted by molar-refractivity contribution is 7.11. The average Bonchev–Trinajstić information content (AvgIpc) is 3.32. The van der Waals surface area contributed by atoms with Gasteiger partial charge in [-0.05, 0) is 35.7 Å². The normalized spacial score (nSPS) is 10.6. The van der Waals surface area contributed by atoms with Crippen LogP contribution in [-0.4, -0.2) is 33.1 Å². The Morgan fingerprint density at radius 3 is 2.67 bits per heavy atom. The molecule has 0 spiro atoms. The quantitative estimate of drug-likeness (QED) is 0.270. The predicted molar refractivity (Wildman–Crippen MR) is 102 cm³/mol. The van der Waals surface area contributed by atoms with Crippen molar-refractivity contribution < 1.29 is 19.8 Å². The van der Waals surface area contributed by atoms with Crippen LogP contribution in [0.15, 0.2) is 60.5 Å². The minimum atomic E-state index is -1.50. The summed E-state index contributed by atoms with van der Waals surface area (Å²) in [6.07, 6.45) is 7.22. The van der Waals surface area contributed by atoms with E-state index in [-0.39, 0.29) is 0 Å². The molecule has 3 rings (SSSR count). The number of ether oxygens (including phenoxy) is 2. The minimum absolute atomic E-state index is 0.445. The summed E-state index contributed by atoms with van der Waals surface area (Å²) < 4.78 is 13.4. The summed E-state index contributed by atoms with van der Waals surface area (Å²) in [6, 6.07) is 11.3. The lowest BCUT2D eigenvalue weighted by atomic mass is 10.3. The Morgan fingerprint density at radius 2 is 2.07 bits per heavy atom. The van der Waals surface area contributed by atoms with Crippen molar-refractivity contribution in [3.63, 3.8) is 0 Å². The van der Waals surface area contributed by atoms with Crippen molar-refractivity contribution in [2.75, 3.05) is 13.2 Å². The number of hydrogen-bond donors (Lipinski definition) is 1. The second kappa shape index (κ2) is 10.8. The fourth-order valence-corrected chi connectivity index (χ4v) is 2.73. The molecule has 0 bridgehead atoms. The molecule has 0 atom stereocenters. The molecule has 27 heavy (non-hydrogen) atoms. The summed E-state index contributed by atoms with van der Waals surface area (Å²) in [7, 11) is 0. The molecule has 0 aliphatic carbocycles. The van der Waals surface area contributed by atoms with Crippen molar-refractivity contribution in [2.24, 2.45) is 0 Å². The highest BCUT2D eigenvalue weighted by atomic mass is 35.5. The van der Waals surface area contributed by atoms with E-state index in [2.05, 4.69) is 4.98 Å². The van der Waals surface area contributed by atoms with Crippen LogP contribution in [-0.2, 0) is 4.74 Å². The van der Waals surface area contributed by atoms with E-state index in [1.807, 2.05) is 46.6 Å². The van der Waals surface area contributed by atoms with Crippen LogP contribution in [0.25, 0.3) is 12.0 Å². The molecule has 0 amide bonds. The summed E-state index contributed by atoms with van der Waals surface area (Å²) >= 11 is 7.47. The molecule has 0 aliphatic heterocycles. The molecule has 3 aromatic rings. The first kappa shape index (κ1) is 20.3. The zero-order valence-corrected chi connectivity index (χ0v) is 15.5. The lowest BCUT2D eigenvalue weighted by Crippen LogP contribution is -2.06. The summed E-state index contributed by atoms with van der Waals surface area (Å²) in [5.74, 6) is 1.56. The number of nitrogens with zero attached hydrogens (tertiary/aromatic N) is 3. The number of imidazole rings is 1. The van der Waals surface area contributed by atoms with Crippen LogP contribution in [0.4, 0.5) is 0 Å². The van der Waals surface area contributed by atoms with Crippen LogP contribution in [0.2, 0.25) is 5.02 Å². The van der Waals surface area contributed by atoms with E-state index in [0.29, 0.717) is 18.2 Å². The Morgan fingerprint density at radius 1 is 1.33 bits per heavy atom. The molecule has 2 heterocycles. The van der Waals surface area contributed by atoms with Crippen molar-refractivity contribution in [2.45, 2.75) is 0 Å². The van der Waals surface area contributed by atoms with Crippen LogP contribution in [0.3, 0.4) is 0 Å². The van der Waals surface area contributed by atoms with E-state index in [4.69, 9.17) is 36.4 Å². The van der Waals surface area contributed by atoms with Crippen molar-refractivity contribution in [1.82, 2.24) is 9.55 Å². The van der Waals surface area contributed by atoms with E-state index >= 15 is 0 Å². The summed E-state index contributed by atoms with van der Waals surface area (Å²) in [5, 5.41) is 16.3. The molecule has 2 aromatic heterocycles. The molecule has 1 aromatic carbocycles. The lowest BCUT2D eigenvalue weighted by molar-refractivity contribution is -0.742. The maximum atomic E-state index is 8.36. The van der Waals surface area contributed by atoms with Gasteiger partial charge < -0.3 is 19.2 Å². The Kier molecular flexibility index (Phi) is 8.14. The van der Waals surface area contributed by atoms with Gasteiger partial charge in [0.1, 0.15) is 19.0 Å². The van der Waals surface area contributed by atoms with Crippen LogP contribution in [0, 0.1) is 10.1 Å². The van der Waals surface area contributed by atoms with Crippen molar-refractivity contribution >= 4 is 34.9 Å². The van der Waals surface area contributed by atoms with Gasteiger partial charge >= 0.3 is 0 Å². The molecule has 10 heteroatoms. The molecule has 0 unspecified atom stereocenters. The third-order valence-electron chi connectivity index (χ3n) is 2.98. The fourth-order valence-electron chi connectivity index (χ4n) is 1.91. The second-order valence-corrected chi connectivity index (χ2v) is 6.25. The van der Waals surface area contributed by atoms with Gasteiger partial charge in [0.2, 0.25) is 0 Å². The van der Waals surface area contributed by atoms with Gasteiger partial charge in [-0.3, -0.25) is 0 Å². The Labute approximate surface area is 164 Å². The molecule has 0 fully saturated rings. The van der Waals surface area contributed by atoms with Crippen molar-refractivity contribution in [3.05, 3.63) is 80.5 Å². The first-order valence-corrected chi connectivity index (χ1v) is 8.88. The Hall–Kier alpha value is -3.04. The monoisotopic (exact) mass is 409 g/mol. The Bertz CT molecular complexity index is 832. The number of halogens is 1. The topological polar surface area (TPSA) is 99.7 Å². The molecule has 142 valence electrons. The third kappa shape index (κ3) is 7.80. The number of aromatic nitrogens is 2. The molecular weight excluding hydrogens is 394 g/mol. The highest BCUT2D eigenvalue weighted by Crippen LogP contribution is 2.22. The van der Waals surface area contributed by atoms with Gasteiger partial charge in [-0.25, -0.2) is 4.98 Å². The van der Waals surface area contributed by atoms with Gasteiger partial charge in [0, 0.05) is 17.4 Å². The largest absolute Gasteiger partial charge is 0.490 e. The second-order valence-electron chi connectivity index (χ2n) is 4.87. The maximum absolute atomic E-state index is 8.36. The fraction of sp³-hybridized carbons (Fsp3) is 0.118. The van der Waals surface area contributed by atoms with Crippen LogP contribution in [0.1, 0.15) is 4.88 Å². The number of hydrogen-bond acceptors (Lipinski definition) is 6. The molecule has 0 radical (unpaired) electrons. The van der Waals surface area contributed by atoms with Gasteiger partial charge in [0.15, 0.2) is 5.76 Å². The minimum Gasteiger partial charge on any atom is -0.490 e. The molecule has 8 nitrogen and oxygen atoms in total. The van der Waals surface area contributed by atoms with Gasteiger partial charge in [-0.2, -0.15) is 0 Å². The molecule has 1 N–H and O–H groups in total. The average molecular weight is 410 g/mol. The predicted octanol–water partition coefficient (Wildman–Crippen LogP) is 4.30. The van der Waals surface area contributed by atoms with Gasteiger partial charge in [0.05, 0.1) is 17.4 Å². The van der Waals surface area contributed by atoms with E-state index in [1.165, 1.54) is 0 Å². The smallest absolute Gasteiger partial charge is 0.291 e. The Balaban J connectivity index is 0.000000596. The number of thiophene rings is 1. The van der Waals surface area contributed by atoms with Crippen molar-refractivity contribution in [3.8, 4) is 5.75 Å². The summed E-state index contributed by atoms with van der Waals surface area (Å²) in [4.78, 5) is 13.5. The number of rotatable bonds is 7. The zero-order valence-electron chi connectivity index (χ0n) is 14.0. The van der Waals surface area contributed by atoms with Crippen LogP contribution < -0.4 is 4.74 Å².